The minimum absolute atomic E-state index is 0.224. The zero-order valence-electron chi connectivity index (χ0n) is 8.94. The van der Waals surface area contributed by atoms with Gasteiger partial charge in [0.2, 0.25) is 10.0 Å². The number of hydrogen-bond donors (Lipinski definition) is 1. The van der Waals surface area contributed by atoms with Crippen LogP contribution in [0.15, 0.2) is 0 Å². The Morgan fingerprint density at radius 2 is 2.00 bits per heavy atom. The molecule has 1 unspecified atom stereocenters. The van der Waals surface area contributed by atoms with E-state index in [0.717, 1.165) is 12.8 Å². The molecule has 84 valence electrons. The maximum Gasteiger partial charge on any atom is 0.218 e. The van der Waals surface area contributed by atoms with Crippen molar-refractivity contribution in [3.8, 4) is 0 Å². The van der Waals surface area contributed by atoms with E-state index in [4.69, 9.17) is 5.73 Å². The van der Waals surface area contributed by atoms with Crippen molar-refractivity contribution in [1.29, 1.82) is 0 Å². The molecular weight excluding hydrogens is 200 g/mol. The van der Waals surface area contributed by atoms with Crippen molar-refractivity contribution in [3.05, 3.63) is 0 Å². The highest BCUT2D eigenvalue weighted by Crippen LogP contribution is 2.30. The summed E-state index contributed by atoms with van der Waals surface area (Å²) in [6, 6.07) is 0.255. The molecule has 2 N–H and O–H groups in total. The lowest BCUT2D eigenvalue weighted by Gasteiger charge is -2.24. The van der Waals surface area contributed by atoms with Gasteiger partial charge in [0.15, 0.2) is 0 Å². The summed E-state index contributed by atoms with van der Waals surface area (Å²) < 4.78 is 25.7. The normalized spacial score (nSPS) is 20.0. The third-order valence-electron chi connectivity index (χ3n) is 2.73. The number of hydrogen-bond acceptors (Lipinski definition) is 3. The van der Waals surface area contributed by atoms with Crippen molar-refractivity contribution >= 4 is 10.0 Å². The van der Waals surface area contributed by atoms with Crippen molar-refractivity contribution in [2.45, 2.75) is 44.4 Å². The monoisotopic (exact) mass is 220 g/mol. The highest BCUT2D eigenvalue weighted by Gasteiger charge is 2.39. The lowest BCUT2D eigenvalue weighted by molar-refractivity contribution is 0.411. The molecule has 0 aromatic rings. The molecule has 1 aliphatic carbocycles. The molecule has 4 nitrogen and oxygen atoms in total. The van der Waals surface area contributed by atoms with Gasteiger partial charge in [0.25, 0.3) is 0 Å². The maximum atomic E-state index is 12.1. The summed E-state index contributed by atoms with van der Waals surface area (Å²) in [5, 5.41) is -0.400. The SMILES string of the molecule is CCC(CN)S(=O)(=O)N(CC)C1CC1. The van der Waals surface area contributed by atoms with E-state index in [-0.39, 0.29) is 12.6 Å². The van der Waals surface area contributed by atoms with Crippen LogP contribution in [0.4, 0.5) is 0 Å². The van der Waals surface area contributed by atoms with Crippen LogP contribution in [0.2, 0.25) is 0 Å². The highest BCUT2D eigenvalue weighted by molar-refractivity contribution is 7.89. The number of rotatable bonds is 6. The van der Waals surface area contributed by atoms with Crippen molar-refractivity contribution in [1.82, 2.24) is 4.31 Å². The summed E-state index contributed by atoms with van der Waals surface area (Å²) in [6.07, 6.45) is 2.62. The van der Waals surface area contributed by atoms with Crippen LogP contribution < -0.4 is 5.73 Å². The molecule has 1 saturated carbocycles. The Morgan fingerprint density at radius 3 is 2.29 bits per heavy atom. The Morgan fingerprint density at radius 1 is 1.43 bits per heavy atom. The molecule has 0 spiro atoms. The van der Waals surface area contributed by atoms with Gasteiger partial charge in [0.05, 0.1) is 5.25 Å². The average molecular weight is 220 g/mol. The van der Waals surface area contributed by atoms with Crippen LogP contribution in [-0.4, -0.2) is 37.1 Å². The molecule has 14 heavy (non-hydrogen) atoms. The first-order valence-electron chi connectivity index (χ1n) is 5.28. The number of nitrogens with two attached hydrogens (primary N) is 1. The number of sulfonamides is 1. The first-order valence-corrected chi connectivity index (χ1v) is 6.78. The fraction of sp³-hybridized carbons (Fsp3) is 1.00. The zero-order chi connectivity index (χ0) is 10.8. The predicted octanol–water partition coefficient (Wildman–Crippen LogP) is 0.538. The molecule has 1 fully saturated rings. The van der Waals surface area contributed by atoms with E-state index < -0.39 is 15.3 Å². The van der Waals surface area contributed by atoms with Gasteiger partial charge >= 0.3 is 0 Å². The summed E-state index contributed by atoms with van der Waals surface area (Å²) in [5.74, 6) is 0. The first-order chi connectivity index (χ1) is 6.57. The molecule has 0 bridgehead atoms. The Kier molecular flexibility index (Phi) is 3.92. The van der Waals surface area contributed by atoms with Gasteiger partial charge in [0, 0.05) is 19.1 Å². The third kappa shape index (κ3) is 2.27. The van der Waals surface area contributed by atoms with Gasteiger partial charge in [-0.3, -0.25) is 0 Å². The van der Waals surface area contributed by atoms with Gasteiger partial charge in [-0.25, -0.2) is 8.42 Å². The zero-order valence-corrected chi connectivity index (χ0v) is 9.76. The minimum atomic E-state index is -3.14. The van der Waals surface area contributed by atoms with Crippen LogP contribution in [0.5, 0.6) is 0 Å². The lowest BCUT2D eigenvalue weighted by atomic mass is 10.3. The van der Waals surface area contributed by atoms with Crippen molar-refractivity contribution < 1.29 is 8.42 Å². The first kappa shape index (κ1) is 11.9. The van der Waals surface area contributed by atoms with E-state index in [1.165, 1.54) is 0 Å². The molecule has 0 heterocycles. The quantitative estimate of drug-likeness (QED) is 0.710. The lowest BCUT2D eigenvalue weighted by Crippen LogP contribution is -2.43. The van der Waals surface area contributed by atoms with E-state index in [1.807, 2.05) is 13.8 Å². The van der Waals surface area contributed by atoms with Crippen LogP contribution in [0, 0.1) is 0 Å². The van der Waals surface area contributed by atoms with Crippen molar-refractivity contribution in [3.63, 3.8) is 0 Å². The van der Waals surface area contributed by atoms with Gasteiger partial charge < -0.3 is 5.73 Å². The highest BCUT2D eigenvalue weighted by atomic mass is 32.2. The maximum absolute atomic E-state index is 12.1. The van der Waals surface area contributed by atoms with Gasteiger partial charge in [-0.15, -0.1) is 0 Å². The summed E-state index contributed by atoms with van der Waals surface area (Å²) in [7, 11) is -3.14. The smallest absolute Gasteiger partial charge is 0.218 e. The van der Waals surface area contributed by atoms with Gasteiger partial charge in [-0.1, -0.05) is 13.8 Å². The van der Waals surface area contributed by atoms with Gasteiger partial charge in [-0.05, 0) is 19.3 Å². The molecule has 0 amide bonds. The van der Waals surface area contributed by atoms with Crippen LogP contribution >= 0.6 is 0 Å². The van der Waals surface area contributed by atoms with Crippen LogP contribution in [0.1, 0.15) is 33.1 Å². The van der Waals surface area contributed by atoms with Gasteiger partial charge in [0.1, 0.15) is 0 Å². The molecule has 0 saturated heterocycles. The molecule has 1 aliphatic rings. The molecule has 0 aromatic carbocycles. The van der Waals surface area contributed by atoms with Gasteiger partial charge in [-0.2, -0.15) is 4.31 Å². The van der Waals surface area contributed by atoms with E-state index in [0.29, 0.717) is 13.0 Å². The summed E-state index contributed by atoms with van der Waals surface area (Å²) in [6.45, 7) is 4.56. The second-order valence-corrected chi connectivity index (χ2v) is 5.91. The van der Waals surface area contributed by atoms with E-state index in [1.54, 1.807) is 4.31 Å². The molecule has 0 aliphatic heterocycles. The summed E-state index contributed by atoms with van der Waals surface area (Å²) >= 11 is 0. The van der Waals surface area contributed by atoms with E-state index in [9.17, 15) is 8.42 Å². The molecule has 5 heteroatoms. The predicted molar refractivity (Wildman–Crippen MR) is 57.5 cm³/mol. The molecular formula is C9H20N2O2S. The van der Waals surface area contributed by atoms with E-state index >= 15 is 0 Å². The largest absolute Gasteiger partial charge is 0.329 e. The van der Waals surface area contributed by atoms with Crippen molar-refractivity contribution in [2.75, 3.05) is 13.1 Å². The topological polar surface area (TPSA) is 63.4 Å². The summed E-state index contributed by atoms with van der Waals surface area (Å²) in [5.41, 5.74) is 5.48. The molecule has 1 rings (SSSR count). The van der Waals surface area contributed by atoms with E-state index in [2.05, 4.69) is 0 Å². The third-order valence-corrected chi connectivity index (χ3v) is 5.31. The molecule has 1 atom stereocenters. The standard InChI is InChI=1S/C9H20N2O2S/c1-3-9(7-10)14(12,13)11(4-2)8-5-6-8/h8-9H,3-7,10H2,1-2H3. The molecule has 0 aromatic heterocycles. The van der Waals surface area contributed by atoms with Crippen LogP contribution in [-0.2, 0) is 10.0 Å². The second-order valence-electron chi connectivity index (χ2n) is 3.75. The molecule has 0 radical (unpaired) electrons. The second kappa shape index (κ2) is 4.59. The minimum Gasteiger partial charge on any atom is -0.329 e. The van der Waals surface area contributed by atoms with Crippen LogP contribution in [0.25, 0.3) is 0 Å². The Balaban J connectivity index is 2.79. The van der Waals surface area contributed by atoms with Crippen LogP contribution in [0.3, 0.4) is 0 Å². The average Bonchev–Trinajstić information content (AvgIpc) is 2.90. The summed E-state index contributed by atoms with van der Waals surface area (Å²) in [4.78, 5) is 0. The Hall–Kier alpha value is -0.130. The number of nitrogens with zero attached hydrogens (tertiary/aromatic N) is 1. The Labute approximate surface area is 86.5 Å². The fourth-order valence-corrected chi connectivity index (χ4v) is 3.73. The van der Waals surface area contributed by atoms with Crippen molar-refractivity contribution in [2.24, 2.45) is 5.73 Å². The fourth-order valence-electron chi connectivity index (χ4n) is 1.70. The Bertz CT molecular complexity index is 269.